The van der Waals surface area contributed by atoms with Gasteiger partial charge in [0, 0.05) is 17.3 Å². The fourth-order valence-corrected chi connectivity index (χ4v) is 2.13. The third-order valence-corrected chi connectivity index (χ3v) is 3.09. The van der Waals surface area contributed by atoms with Gasteiger partial charge in [-0.05, 0) is 18.7 Å². The quantitative estimate of drug-likeness (QED) is 0.865. The molecule has 1 aromatic heterocycles. The second-order valence-corrected chi connectivity index (χ2v) is 4.59. The number of likely N-dealkylation sites (N-methyl/N-ethyl adjacent to an activating group) is 1. The van der Waals surface area contributed by atoms with Gasteiger partial charge in [-0.1, -0.05) is 18.5 Å². The molecule has 1 fully saturated rings. The summed E-state index contributed by atoms with van der Waals surface area (Å²) in [5, 5.41) is 6.55. The average molecular weight is 270 g/mol. The van der Waals surface area contributed by atoms with Crippen molar-refractivity contribution in [1.82, 2.24) is 10.3 Å². The molecule has 0 radical (unpaired) electrons. The number of amides is 1. The van der Waals surface area contributed by atoms with Crippen LogP contribution in [0.15, 0.2) is 18.3 Å². The van der Waals surface area contributed by atoms with Crippen molar-refractivity contribution in [3.05, 3.63) is 23.4 Å². The molecule has 1 saturated heterocycles. The van der Waals surface area contributed by atoms with Gasteiger partial charge in [-0.15, -0.1) is 0 Å². The van der Waals surface area contributed by atoms with Crippen LogP contribution in [0, 0.1) is 5.92 Å². The Balaban J connectivity index is 1.99. The Labute approximate surface area is 111 Å². The molecule has 0 spiro atoms. The van der Waals surface area contributed by atoms with Crippen LogP contribution < -0.4 is 10.6 Å². The summed E-state index contributed by atoms with van der Waals surface area (Å²) in [6, 6.07) is 3.35. The molecule has 2 N–H and O–H groups in total. The molecule has 2 heterocycles. The van der Waals surface area contributed by atoms with E-state index in [4.69, 9.17) is 16.3 Å². The Morgan fingerprint density at radius 3 is 3.17 bits per heavy atom. The van der Waals surface area contributed by atoms with Gasteiger partial charge < -0.3 is 15.4 Å². The van der Waals surface area contributed by atoms with Crippen LogP contribution in [0.4, 0.5) is 5.82 Å². The highest BCUT2D eigenvalue weighted by molar-refractivity contribution is 6.30. The minimum atomic E-state index is -0.189. The lowest BCUT2D eigenvalue weighted by Crippen LogP contribution is -2.41. The van der Waals surface area contributed by atoms with E-state index >= 15 is 0 Å². The smallest absolute Gasteiger partial charge is 0.232 e. The van der Waals surface area contributed by atoms with Gasteiger partial charge in [0.1, 0.15) is 5.82 Å². The first-order valence-corrected chi connectivity index (χ1v) is 6.32. The summed E-state index contributed by atoms with van der Waals surface area (Å²) >= 11 is 5.84. The fourth-order valence-electron chi connectivity index (χ4n) is 1.97. The van der Waals surface area contributed by atoms with Gasteiger partial charge in [0.15, 0.2) is 0 Å². The van der Waals surface area contributed by atoms with Crippen molar-refractivity contribution in [3.8, 4) is 0 Å². The van der Waals surface area contributed by atoms with E-state index in [1.807, 2.05) is 6.92 Å². The number of pyridine rings is 1. The predicted molar refractivity (Wildman–Crippen MR) is 69.7 cm³/mol. The molecule has 1 aromatic rings. The summed E-state index contributed by atoms with van der Waals surface area (Å²) in [6.07, 6.45) is 1.56. The number of ether oxygens (including phenoxy) is 1. The van der Waals surface area contributed by atoms with E-state index in [1.165, 1.54) is 0 Å². The molecule has 0 saturated carbocycles. The highest BCUT2D eigenvalue weighted by Gasteiger charge is 2.33. The predicted octanol–water partition coefficient (Wildman–Crippen LogP) is 1.30. The molecular formula is C12H16ClN3O2. The van der Waals surface area contributed by atoms with Crippen LogP contribution >= 0.6 is 11.6 Å². The van der Waals surface area contributed by atoms with Crippen LogP contribution in [0.5, 0.6) is 0 Å². The van der Waals surface area contributed by atoms with Crippen LogP contribution in [0.2, 0.25) is 5.02 Å². The average Bonchev–Trinajstić information content (AvgIpc) is 2.78. The number of nitrogens with one attached hydrogen (secondary N) is 2. The lowest BCUT2D eigenvalue weighted by Gasteiger charge is -2.17. The van der Waals surface area contributed by atoms with Gasteiger partial charge in [-0.25, -0.2) is 4.98 Å². The monoisotopic (exact) mass is 269 g/mol. The summed E-state index contributed by atoms with van der Waals surface area (Å²) in [5.74, 6) is 0.189. The molecular weight excluding hydrogens is 254 g/mol. The van der Waals surface area contributed by atoms with Crippen molar-refractivity contribution in [2.24, 2.45) is 5.92 Å². The van der Waals surface area contributed by atoms with Crippen molar-refractivity contribution in [3.63, 3.8) is 0 Å². The number of halogens is 1. The molecule has 18 heavy (non-hydrogen) atoms. The number of nitrogens with zero attached hydrogens (tertiary/aromatic N) is 1. The van der Waals surface area contributed by atoms with Crippen LogP contribution in [-0.4, -0.2) is 36.7 Å². The fraction of sp³-hybridized carbons (Fsp3) is 0.500. The standard InChI is InChI=1S/C12H16ClN3O2/c1-2-14-10-7-18-6-9(10)12(17)16-11-5-8(13)3-4-15-11/h3-5,9-10,14H,2,6-7H2,1H3,(H,15,16,17). The molecule has 5 nitrogen and oxygen atoms in total. The van der Waals surface area contributed by atoms with Crippen molar-refractivity contribution >= 4 is 23.3 Å². The minimum Gasteiger partial charge on any atom is -0.379 e. The molecule has 2 unspecified atom stereocenters. The van der Waals surface area contributed by atoms with E-state index in [0.717, 1.165) is 6.54 Å². The third-order valence-electron chi connectivity index (χ3n) is 2.86. The number of hydrogen-bond donors (Lipinski definition) is 2. The summed E-state index contributed by atoms with van der Waals surface area (Å²) in [4.78, 5) is 16.1. The second-order valence-electron chi connectivity index (χ2n) is 4.16. The maximum absolute atomic E-state index is 12.1. The van der Waals surface area contributed by atoms with Gasteiger partial charge in [0.05, 0.1) is 19.1 Å². The van der Waals surface area contributed by atoms with Gasteiger partial charge in [-0.2, -0.15) is 0 Å². The Morgan fingerprint density at radius 1 is 1.61 bits per heavy atom. The van der Waals surface area contributed by atoms with Crippen LogP contribution in [0.1, 0.15) is 6.92 Å². The zero-order valence-electron chi connectivity index (χ0n) is 10.1. The second kappa shape index (κ2) is 6.13. The van der Waals surface area contributed by atoms with E-state index in [9.17, 15) is 4.79 Å². The molecule has 0 bridgehead atoms. The Morgan fingerprint density at radius 2 is 2.44 bits per heavy atom. The first kappa shape index (κ1) is 13.3. The van der Waals surface area contributed by atoms with E-state index in [1.54, 1.807) is 18.3 Å². The largest absolute Gasteiger partial charge is 0.379 e. The number of aromatic nitrogens is 1. The summed E-state index contributed by atoms with van der Waals surface area (Å²) in [5.41, 5.74) is 0. The maximum Gasteiger partial charge on any atom is 0.232 e. The lowest BCUT2D eigenvalue weighted by molar-refractivity contribution is -0.120. The van der Waals surface area contributed by atoms with E-state index < -0.39 is 0 Å². The first-order valence-electron chi connectivity index (χ1n) is 5.94. The summed E-state index contributed by atoms with van der Waals surface area (Å²) < 4.78 is 5.34. The van der Waals surface area contributed by atoms with Gasteiger partial charge in [-0.3, -0.25) is 4.79 Å². The highest BCUT2D eigenvalue weighted by Crippen LogP contribution is 2.17. The van der Waals surface area contributed by atoms with Crippen molar-refractivity contribution in [1.29, 1.82) is 0 Å². The molecule has 1 aliphatic heterocycles. The number of carbonyl (C=O) groups excluding carboxylic acids is 1. The summed E-state index contributed by atoms with van der Waals surface area (Å²) in [6.45, 7) is 3.82. The number of rotatable bonds is 4. The SMILES string of the molecule is CCNC1COCC1C(=O)Nc1cc(Cl)ccn1. The van der Waals surface area contributed by atoms with Crippen molar-refractivity contribution < 1.29 is 9.53 Å². The number of carbonyl (C=O) groups is 1. The van der Waals surface area contributed by atoms with Crippen molar-refractivity contribution in [2.75, 3.05) is 25.1 Å². The highest BCUT2D eigenvalue weighted by atomic mass is 35.5. The molecule has 0 aliphatic carbocycles. The van der Waals surface area contributed by atoms with Crippen LogP contribution in [0.25, 0.3) is 0 Å². The molecule has 6 heteroatoms. The molecule has 2 rings (SSSR count). The third kappa shape index (κ3) is 3.19. The topological polar surface area (TPSA) is 63.2 Å². The molecule has 98 valence electrons. The van der Waals surface area contributed by atoms with Crippen LogP contribution in [0.3, 0.4) is 0 Å². The zero-order chi connectivity index (χ0) is 13.0. The summed E-state index contributed by atoms with van der Waals surface area (Å²) in [7, 11) is 0. The van der Waals surface area contributed by atoms with Gasteiger partial charge in [0.2, 0.25) is 5.91 Å². The zero-order valence-corrected chi connectivity index (χ0v) is 10.9. The van der Waals surface area contributed by atoms with Gasteiger partial charge in [0.25, 0.3) is 0 Å². The van der Waals surface area contributed by atoms with Crippen LogP contribution in [-0.2, 0) is 9.53 Å². The number of anilines is 1. The molecule has 2 atom stereocenters. The Hall–Kier alpha value is -1.17. The lowest BCUT2D eigenvalue weighted by atomic mass is 10.0. The number of hydrogen-bond acceptors (Lipinski definition) is 4. The molecule has 0 aromatic carbocycles. The van der Waals surface area contributed by atoms with Gasteiger partial charge >= 0.3 is 0 Å². The maximum atomic E-state index is 12.1. The molecule has 1 amide bonds. The van der Waals surface area contributed by atoms with E-state index in [2.05, 4.69) is 15.6 Å². The van der Waals surface area contributed by atoms with E-state index in [0.29, 0.717) is 24.1 Å². The Bertz CT molecular complexity index is 428. The minimum absolute atomic E-state index is 0.0641. The normalized spacial score (nSPS) is 23.0. The Kier molecular flexibility index (Phi) is 4.52. The first-order chi connectivity index (χ1) is 8.70. The molecule has 1 aliphatic rings. The van der Waals surface area contributed by atoms with E-state index in [-0.39, 0.29) is 17.9 Å². The van der Waals surface area contributed by atoms with Crippen molar-refractivity contribution in [2.45, 2.75) is 13.0 Å².